The van der Waals surface area contributed by atoms with Crippen LogP contribution in [0.2, 0.25) is 10.2 Å². The Bertz CT molecular complexity index is 617. The molecule has 106 valence electrons. The van der Waals surface area contributed by atoms with Crippen molar-refractivity contribution in [2.24, 2.45) is 0 Å². The van der Waals surface area contributed by atoms with Gasteiger partial charge in [-0.15, -0.1) is 0 Å². The minimum absolute atomic E-state index is 0.190. The second kappa shape index (κ2) is 6.29. The highest BCUT2D eigenvalue weighted by Gasteiger charge is 2.09. The minimum Gasteiger partial charge on any atom is -0.497 e. The molecule has 1 N–H and O–H groups in total. The fourth-order valence-electron chi connectivity index (χ4n) is 1.62. The monoisotopic (exact) mass is 311 g/mol. The van der Waals surface area contributed by atoms with Gasteiger partial charge in [-0.1, -0.05) is 37.0 Å². The van der Waals surface area contributed by atoms with E-state index >= 15 is 0 Å². The third-order valence-electron chi connectivity index (χ3n) is 2.66. The number of anilines is 2. The molecule has 0 aliphatic heterocycles. The molecule has 0 saturated carbocycles. The average molecular weight is 312 g/mol. The van der Waals surface area contributed by atoms with E-state index < -0.39 is 0 Å². The van der Waals surface area contributed by atoms with Gasteiger partial charge in [0.15, 0.2) is 0 Å². The summed E-state index contributed by atoms with van der Waals surface area (Å²) in [4.78, 5) is 8.61. The minimum atomic E-state index is 0.190. The van der Waals surface area contributed by atoms with Crippen LogP contribution in [0.15, 0.2) is 24.3 Å². The van der Waals surface area contributed by atoms with Gasteiger partial charge in [0.05, 0.1) is 17.8 Å². The summed E-state index contributed by atoms with van der Waals surface area (Å²) in [5.74, 6) is 2.18. The lowest BCUT2D eigenvalue weighted by atomic mass is 10.2. The van der Waals surface area contributed by atoms with Gasteiger partial charge in [0, 0.05) is 18.1 Å². The standard InChI is InChI=1S/C14H15Cl2N3O/c1-8(2)14-18-12(16)7-13(19-14)17-11-6-9(20-3)4-5-10(11)15/h4-8H,1-3H3,(H,17,18,19). The molecule has 2 rings (SSSR count). The number of nitrogens with one attached hydrogen (secondary N) is 1. The van der Waals surface area contributed by atoms with Crippen LogP contribution in [0.4, 0.5) is 11.5 Å². The highest BCUT2D eigenvalue weighted by molar-refractivity contribution is 6.33. The van der Waals surface area contributed by atoms with E-state index in [9.17, 15) is 0 Å². The van der Waals surface area contributed by atoms with Crippen molar-refractivity contribution < 1.29 is 4.74 Å². The summed E-state index contributed by atoms with van der Waals surface area (Å²) >= 11 is 12.2. The first kappa shape index (κ1) is 14.9. The first-order valence-corrected chi connectivity index (χ1v) is 6.90. The van der Waals surface area contributed by atoms with Crippen molar-refractivity contribution in [2.75, 3.05) is 12.4 Å². The number of methoxy groups -OCH3 is 1. The van der Waals surface area contributed by atoms with E-state index in [1.54, 1.807) is 31.4 Å². The third-order valence-corrected chi connectivity index (χ3v) is 3.19. The summed E-state index contributed by atoms with van der Waals surface area (Å²) in [7, 11) is 1.60. The van der Waals surface area contributed by atoms with Gasteiger partial charge in [-0.3, -0.25) is 0 Å². The van der Waals surface area contributed by atoms with Crippen molar-refractivity contribution in [3.8, 4) is 5.75 Å². The van der Waals surface area contributed by atoms with Crippen molar-refractivity contribution in [3.63, 3.8) is 0 Å². The Kier molecular flexibility index (Phi) is 4.68. The zero-order chi connectivity index (χ0) is 14.7. The molecular weight excluding hydrogens is 297 g/mol. The molecule has 4 nitrogen and oxygen atoms in total. The van der Waals surface area contributed by atoms with E-state index in [-0.39, 0.29) is 5.92 Å². The Morgan fingerprint density at radius 1 is 1.15 bits per heavy atom. The van der Waals surface area contributed by atoms with Crippen molar-refractivity contribution in [2.45, 2.75) is 19.8 Å². The Labute approximate surface area is 128 Å². The summed E-state index contributed by atoms with van der Waals surface area (Å²) in [5.41, 5.74) is 0.704. The van der Waals surface area contributed by atoms with Crippen LogP contribution in [-0.4, -0.2) is 17.1 Å². The Morgan fingerprint density at radius 3 is 2.55 bits per heavy atom. The van der Waals surface area contributed by atoms with Crippen LogP contribution in [0.1, 0.15) is 25.6 Å². The van der Waals surface area contributed by atoms with Gasteiger partial charge < -0.3 is 10.1 Å². The van der Waals surface area contributed by atoms with Crippen LogP contribution >= 0.6 is 23.2 Å². The molecule has 1 aromatic carbocycles. The zero-order valence-electron chi connectivity index (χ0n) is 11.4. The van der Waals surface area contributed by atoms with Gasteiger partial charge in [0.25, 0.3) is 0 Å². The summed E-state index contributed by atoms with van der Waals surface area (Å²) in [5, 5.41) is 4.10. The van der Waals surface area contributed by atoms with Crippen molar-refractivity contribution in [1.82, 2.24) is 9.97 Å². The summed E-state index contributed by atoms with van der Waals surface area (Å²) in [6, 6.07) is 7.01. The molecule has 0 amide bonds. The molecule has 6 heteroatoms. The van der Waals surface area contributed by atoms with E-state index in [2.05, 4.69) is 15.3 Å². The fourth-order valence-corrected chi connectivity index (χ4v) is 1.98. The number of nitrogens with zero attached hydrogens (tertiary/aromatic N) is 2. The lowest BCUT2D eigenvalue weighted by Gasteiger charge is -2.11. The molecule has 0 bridgehead atoms. The molecule has 0 unspecified atom stereocenters. The van der Waals surface area contributed by atoms with Crippen LogP contribution < -0.4 is 10.1 Å². The molecule has 0 spiro atoms. The van der Waals surface area contributed by atoms with Crippen LogP contribution in [0, 0.1) is 0 Å². The number of benzene rings is 1. The van der Waals surface area contributed by atoms with Gasteiger partial charge in [-0.2, -0.15) is 0 Å². The van der Waals surface area contributed by atoms with E-state index in [4.69, 9.17) is 27.9 Å². The topological polar surface area (TPSA) is 47.0 Å². The summed E-state index contributed by atoms with van der Waals surface area (Å²) in [6.07, 6.45) is 0. The SMILES string of the molecule is COc1ccc(Cl)c(Nc2cc(Cl)nc(C(C)C)n2)c1. The molecule has 1 aromatic heterocycles. The molecule has 2 aromatic rings. The van der Waals surface area contributed by atoms with E-state index in [1.807, 2.05) is 13.8 Å². The molecule has 0 atom stereocenters. The van der Waals surface area contributed by atoms with Crippen molar-refractivity contribution >= 4 is 34.7 Å². The number of ether oxygens (including phenoxy) is 1. The van der Waals surface area contributed by atoms with Gasteiger partial charge >= 0.3 is 0 Å². The Hall–Kier alpha value is -1.52. The van der Waals surface area contributed by atoms with Crippen LogP contribution in [-0.2, 0) is 0 Å². The molecule has 0 aliphatic carbocycles. The number of rotatable bonds is 4. The molecule has 0 aliphatic rings. The Balaban J connectivity index is 2.34. The van der Waals surface area contributed by atoms with Gasteiger partial charge in [0.2, 0.25) is 0 Å². The number of halogens is 2. The maximum Gasteiger partial charge on any atom is 0.135 e. The highest BCUT2D eigenvalue weighted by atomic mass is 35.5. The van der Waals surface area contributed by atoms with E-state index in [0.29, 0.717) is 33.3 Å². The second-order valence-corrected chi connectivity index (χ2v) is 5.35. The van der Waals surface area contributed by atoms with Crippen LogP contribution in [0.5, 0.6) is 5.75 Å². The number of hydrogen-bond acceptors (Lipinski definition) is 4. The predicted molar refractivity (Wildman–Crippen MR) is 82.4 cm³/mol. The fraction of sp³-hybridized carbons (Fsp3) is 0.286. The van der Waals surface area contributed by atoms with E-state index in [0.717, 1.165) is 0 Å². The Morgan fingerprint density at radius 2 is 1.90 bits per heavy atom. The predicted octanol–water partition coefficient (Wildman–Crippen LogP) is 4.66. The van der Waals surface area contributed by atoms with Gasteiger partial charge in [-0.25, -0.2) is 9.97 Å². The molecule has 0 fully saturated rings. The second-order valence-electron chi connectivity index (χ2n) is 4.56. The third kappa shape index (κ3) is 3.52. The number of hydrogen-bond donors (Lipinski definition) is 1. The lowest BCUT2D eigenvalue weighted by Crippen LogP contribution is -2.02. The van der Waals surface area contributed by atoms with Gasteiger partial charge in [0.1, 0.15) is 22.5 Å². The normalized spacial score (nSPS) is 10.7. The lowest BCUT2D eigenvalue weighted by molar-refractivity contribution is 0.415. The number of aromatic nitrogens is 2. The van der Waals surface area contributed by atoms with Crippen LogP contribution in [0.25, 0.3) is 0 Å². The maximum atomic E-state index is 6.15. The molecule has 0 saturated heterocycles. The van der Waals surface area contributed by atoms with Crippen molar-refractivity contribution in [3.05, 3.63) is 40.3 Å². The molecule has 20 heavy (non-hydrogen) atoms. The zero-order valence-corrected chi connectivity index (χ0v) is 13.0. The molecule has 0 radical (unpaired) electrons. The summed E-state index contributed by atoms with van der Waals surface area (Å²) in [6.45, 7) is 4.02. The smallest absolute Gasteiger partial charge is 0.135 e. The molecule has 1 heterocycles. The average Bonchev–Trinajstić information content (AvgIpc) is 2.40. The van der Waals surface area contributed by atoms with E-state index in [1.165, 1.54) is 0 Å². The van der Waals surface area contributed by atoms with Crippen LogP contribution in [0.3, 0.4) is 0 Å². The van der Waals surface area contributed by atoms with Crippen molar-refractivity contribution in [1.29, 1.82) is 0 Å². The summed E-state index contributed by atoms with van der Waals surface area (Å²) < 4.78 is 5.18. The first-order chi connectivity index (χ1) is 9.49. The maximum absolute atomic E-state index is 6.15. The quantitative estimate of drug-likeness (QED) is 0.834. The first-order valence-electron chi connectivity index (χ1n) is 6.14. The highest BCUT2D eigenvalue weighted by Crippen LogP contribution is 2.29. The molecular formula is C14H15Cl2N3O. The largest absolute Gasteiger partial charge is 0.497 e. The van der Waals surface area contributed by atoms with Gasteiger partial charge in [-0.05, 0) is 12.1 Å².